The molecule has 0 heterocycles. The van der Waals surface area contributed by atoms with Gasteiger partial charge in [0.1, 0.15) is 12.6 Å². The predicted molar refractivity (Wildman–Crippen MR) is 51.3 cm³/mol. The lowest BCUT2D eigenvalue weighted by atomic mass is 10.0. The molecule has 13 heavy (non-hydrogen) atoms. The van der Waals surface area contributed by atoms with Crippen LogP contribution in [0.1, 0.15) is 28.8 Å². The van der Waals surface area contributed by atoms with Gasteiger partial charge in [0.25, 0.3) is 0 Å². The summed E-state index contributed by atoms with van der Waals surface area (Å²) in [4.78, 5) is 20.9. The van der Waals surface area contributed by atoms with E-state index in [4.69, 9.17) is 11.6 Å². The summed E-state index contributed by atoms with van der Waals surface area (Å²) in [5, 5.41) is 0.462. The lowest BCUT2D eigenvalue weighted by Crippen LogP contribution is -1.96. The van der Waals surface area contributed by atoms with Gasteiger partial charge >= 0.3 is 0 Å². The minimum atomic E-state index is -0.229. The predicted octanol–water partition coefficient (Wildman–Crippen LogP) is 2.45. The fourth-order valence-corrected chi connectivity index (χ4v) is 1.42. The molecular formula is C10H9ClO2. The highest BCUT2D eigenvalue weighted by molar-refractivity contribution is 6.31. The third-order valence-electron chi connectivity index (χ3n) is 1.86. The molecule has 0 fully saturated rings. The lowest BCUT2D eigenvalue weighted by molar-refractivity contribution is -0.108. The van der Waals surface area contributed by atoms with Gasteiger partial charge in [0.2, 0.25) is 0 Å². The number of aldehydes is 2. The van der Waals surface area contributed by atoms with Crippen LogP contribution in [0.5, 0.6) is 0 Å². The molecule has 0 aromatic heterocycles. The topological polar surface area (TPSA) is 34.1 Å². The number of halogens is 1. The van der Waals surface area contributed by atoms with Gasteiger partial charge in [-0.15, -0.1) is 0 Å². The monoisotopic (exact) mass is 196 g/mol. The smallest absolute Gasteiger partial charge is 0.150 e. The van der Waals surface area contributed by atoms with Crippen molar-refractivity contribution in [2.45, 2.75) is 12.8 Å². The summed E-state index contributed by atoms with van der Waals surface area (Å²) in [6.07, 6.45) is 1.54. The minimum absolute atomic E-state index is 0.229. The van der Waals surface area contributed by atoms with Crippen molar-refractivity contribution in [3.63, 3.8) is 0 Å². The van der Waals surface area contributed by atoms with Gasteiger partial charge in [0.15, 0.2) is 0 Å². The third-order valence-corrected chi connectivity index (χ3v) is 2.18. The van der Waals surface area contributed by atoms with Crippen molar-refractivity contribution in [1.82, 2.24) is 0 Å². The van der Waals surface area contributed by atoms with Gasteiger partial charge in [0.05, 0.1) is 0 Å². The Hall–Kier alpha value is -1.15. The van der Waals surface area contributed by atoms with Crippen LogP contribution in [0, 0.1) is 0 Å². The molecule has 0 aliphatic rings. The number of carbonyl (C=O) groups is 2. The maximum Gasteiger partial charge on any atom is 0.150 e. The van der Waals surface area contributed by atoms with Crippen LogP contribution in [0.15, 0.2) is 18.2 Å². The van der Waals surface area contributed by atoms with Crippen molar-refractivity contribution in [2.24, 2.45) is 0 Å². The second-order valence-corrected chi connectivity index (χ2v) is 3.23. The first-order valence-corrected chi connectivity index (χ1v) is 4.26. The number of hydrogen-bond donors (Lipinski definition) is 0. The van der Waals surface area contributed by atoms with Crippen LogP contribution in [0.25, 0.3) is 0 Å². The van der Waals surface area contributed by atoms with E-state index >= 15 is 0 Å². The Bertz CT molecular complexity index is 334. The van der Waals surface area contributed by atoms with Gasteiger partial charge in [0, 0.05) is 16.5 Å². The largest absolute Gasteiger partial charge is 0.303 e. The zero-order valence-electron chi connectivity index (χ0n) is 7.16. The van der Waals surface area contributed by atoms with E-state index in [2.05, 4.69) is 0 Å². The molecule has 0 saturated carbocycles. The molecule has 1 rings (SSSR count). The average Bonchev–Trinajstić information content (AvgIpc) is 2.16. The zero-order valence-corrected chi connectivity index (χ0v) is 7.91. The van der Waals surface area contributed by atoms with Gasteiger partial charge < -0.3 is 4.79 Å². The van der Waals surface area contributed by atoms with Crippen molar-refractivity contribution in [3.05, 3.63) is 34.3 Å². The second-order valence-electron chi connectivity index (χ2n) is 2.82. The Balaban J connectivity index is 3.11. The molecule has 0 saturated heterocycles. The minimum Gasteiger partial charge on any atom is -0.303 e. The van der Waals surface area contributed by atoms with Gasteiger partial charge in [-0.3, -0.25) is 4.79 Å². The quantitative estimate of drug-likeness (QED) is 0.696. The molecular weight excluding hydrogens is 188 g/mol. The number of benzene rings is 1. The second kappa shape index (κ2) is 4.19. The highest BCUT2D eigenvalue weighted by Gasteiger charge is 2.08. The molecule has 0 bridgehead atoms. The van der Waals surface area contributed by atoms with Gasteiger partial charge in [-0.25, -0.2) is 0 Å². The lowest BCUT2D eigenvalue weighted by Gasteiger charge is -2.06. The Morgan fingerprint density at radius 3 is 2.54 bits per heavy atom. The average molecular weight is 197 g/mol. The Kier molecular flexibility index (Phi) is 3.20. The normalized spacial score (nSPS) is 12.2. The van der Waals surface area contributed by atoms with Crippen LogP contribution in [-0.4, -0.2) is 12.6 Å². The van der Waals surface area contributed by atoms with Crippen LogP contribution < -0.4 is 0 Å². The van der Waals surface area contributed by atoms with Crippen LogP contribution in [0.4, 0.5) is 0 Å². The Morgan fingerprint density at radius 1 is 1.38 bits per heavy atom. The first-order chi connectivity index (χ1) is 6.19. The molecule has 0 radical (unpaired) electrons. The van der Waals surface area contributed by atoms with Crippen LogP contribution >= 0.6 is 11.6 Å². The van der Waals surface area contributed by atoms with Gasteiger partial charge in [-0.2, -0.15) is 0 Å². The van der Waals surface area contributed by atoms with Crippen molar-refractivity contribution in [2.75, 3.05) is 0 Å². The maximum absolute atomic E-state index is 10.5. The van der Waals surface area contributed by atoms with E-state index in [0.29, 0.717) is 10.6 Å². The molecule has 0 amide bonds. The molecule has 0 aliphatic carbocycles. The van der Waals surface area contributed by atoms with Crippen molar-refractivity contribution < 1.29 is 9.59 Å². The maximum atomic E-state index is 10.5. The number of rotatable bonds is 3. The fourth-order valence-electron chi connectivity index (χ4n) is 1.06. The standard InChI is InChI=1S/C10H9ClO2/c1-7(5-12)9-3-2-8(6-13)4-10(9)11/h2-7H,1H3. The Morgan fingerprint density at radius 2 is 2.08 bits per heavy atom. The zero-order chi connectivity index (χ0) is 9.84. The summed E-state index contributed by atoms with van der Waals surface area (Å²) in [7, 11) is 0. The number of hydrogen-bond acceptors (Lipinski definition) is 2. The van der Waals surface area contributed by atoms with Crippen LogP contribution in [0.3, 0.4) is 0 Å². The summed E-state index contributed by atoms with van der Waals surface area (Å²) in [6, 6.07) is 4.91. The summed E-state index contributed by atoms with van der Waals surface area (Å²) >= 11 is 5.86. The van der Waals surface area contributed by atoms with E-state index in [0.717, 1.165) is 18.1 Å². The molecule has 3 heteroatoms. The van der Waals surface area contributed by atoms with Crippen LogP contribution in [0.2, 0.25) is 5.02 Å². The fraction of sp³-hybridized carbons (Fsp3) is 0.200. The van der Waals surface area contributed by atoms with E-state index in [9.17, 15) is 9.59 Å². The summed E-state index contributed by atoms with van der Waals surface area (Å²) in [5.41, 5.74) is 1.27. The molecule has 1 aromatic carbocycles. The molecule has 0 spiro atoms. The summed E-state index contributed by atoms with van der Waals surface area (Å²) in [6.45, 7) is 1.76. The van der Waals surface area contributed by atoms with Crippen molar-refractivity contribution >= 4 is 24.2 Å². The van der Waals surface area contributed by atoms with E-state index in [1.165, 1.54) is 0 Å². The highest BCUT2D eigenvalue weighted by atomic mass is 35.5. The van der Waals surface area contributed by atoms with E-state index < -0.39 is 0 Å². The van der Waals surface area contributed by atoms with Crippen molar-refractivity contribution in [3.8, 4) is 0 Å². The van der Waals surface area contributed by atoms with Gasteiger partial charge in [-0.1, -0.05) is 30.7 Å². The van der Waals surface area contributed by atoms with Crippen LogP contribution in [-0.2, 0) is 4.79 Å². The molecule has 2 nitrogen and oxygen atoms in total. The first kappa shape index (κ1) is 9.93. The summed E-state index contributed by atoms with van der Waals surface area (Å²) in [5.74, 6) is -0.229. The summed E-state index contributed by atoms with van der Waals surface area (Å²) < 4.78 is 0. The molecule has 1 aromatic rings. The van der Waals surface area contributed by atoms with Crippen molar-refractivity contribution in [1.29, 1.82) is 0 Å². The third kappa shape index (κ3) is 2.16. The molecule has 0 N–H and O–H groups in total. The van der Waals surface area contributed by atoms with Gasteiger partial charge in [-0.05, 0) is 11.6 Å². The molecule has 1 unspecified atom stereocenters. The highest BCUT2D eigenvalue weighted by Crippen LogP contribution is 2.23. The molecule has 0 aliphatic heterocycles. The first-order valence-electron chi connectivity index (χ1n) is 3.89. The van der Waals surface area contributed by atoms with E-state index in [1.54, 1.807) is 25.1 Å². The van der Waals surface area contributed by atoms with E-state index in [-0.39, 0.29) is 5.92 Å². The number of carbonyl (C=O) groups excluding carboxylic acids is 2. The SMILES string of the molecule is CC(C=O)c1ccc(C=O)cc1Cl. The molecule has 1 atom stereocenters. The Labute approximate surface area is 81.5 Å². The van der Waals surface area contributed by atoms with E-state index in [1.807, 2.05) is 0 Å². The molecule has 68 valence electrons.